The molecule has 0 amide bonds. The van der Waals surface area contributed by atoms with Gasteiger partial charge in [-0.2, -0.15) is 26.3 Å². The molecule has 0 saturated heterocycles. The Balaban J connectivity index is 1.38. The van der Waals surface area contributed by atoms with Crippen LogP contribution in [0.4, 0.5) is 26.3 Å². The Bertz CT molecular complexity index is 2970. The zero-order valence-corrected chi connectivity index (χ0v) is 31.2. The number of hydrogen-bond acceptors (Lipinski definition) is 6. The molecule has 0 atom stereocenters. The number of aryl methyl sites for hydroxylation is 2. The molecule has 13 heteroatoms. The summed E-state index contributed by atoms with van der Waals surface area (Å²) < 4.78 is 87.3. The Labute approximate surface area is 332 Å². The highest BCUT2D eigenvalue weighted by Gasteiger charge is 2.38. The first-order chi connectivity index (χ1) is 28.3. The van der Waals surface area contributed by atoms with Crippen LogP contribution in [-0.4, -0.2) is 34.5 Å². The van der Waals surface area contributed by atoms with Crippen molar-refractivity contribution < 1.29 is 26.3 Å². The molecule has 0 bridgehead atoms. The number of aromatic nitrogens is 7. The lowest BCUT2D eigenvalue weighted by atomic mass is 9.95. The van der Waals surface area contributed by atoms with Crippen LogP contribution in [0.5, 0.6) is 0 Å². The molecule has 9 aromatic rings. The molecule has 3 heterocycles. The van der Waals surface area contributed by atoms with Crippen molar-refractivity contribution in [1.29, 1.82) is 0 Å². The van der Waals surface area contributed by atoms with Gasteiger partial charge in [-0.3, -0.25) is 0 Å². The zero-order chi connectivity index (χ0) is 41.1. The summed E-state index contributed by atoms with van der Waals surface area (Å²) in [6, 6.07) is 38.2. The van der Waals surface area contributed by atoms with Crippen LogP contribution in [0.3, 0.4) is 0 Å². The Hall–Kier alpha value is -7.28. The van der Waals surface area contributed by atoms with Crippen molar-refractivity contribution >= 4 is 21.8 Å². The van der Waals surface area contributed by atoms with Crippen molar-refractivity contribution in [3.8, 4) is 62.4 Å². The molecule has 6 aromatic carbocycles. The Morgan fingerprint density at radius 3 is 1.58 bits per heavy atom. The SMILES string of the molecule is Cc1nc(C)nc(-c2ccc3c4ccccc4n(-c4cc(-c5ccc(C(F)(F)F)cc5C(F)(F)F)ccc4-c4nc(-c5ccccc5)nc(-c5ccccc5)n4)c3c2)n1. The molecule has 0 unspecified atom stereocenters. The van der Waals surface area contributed by atoms with E-state index in [4.69, 9.17) is 15.0 Å². The first kappa shape index (κ1) is 37.3. The minimum atomic E-state index is -5.11. The molecule has 0 aliphatic rings. The van der Waals surface area contributed by atoms with Gasteiger partial charge < -0.3 is 4.57 Å². The van der Waals surface area contributed by atoms with Crippen LogP contribution < -0.4 is 0 Å². The number of rotatable bonds is 6. The summed E-state index contributed by atoms with van der Waals surface area (Å²) >= 11 is 0. The number of alkyl halides is 6. The smallest absolute Gasteiger partial charge is 0.308 e. The van der Waals surface area contributed by atoms with E-state index < -0.39 is 29.0 Å². The van der Waals surface area contributed by atoms with Crippen molar-refractivity contribution in [3.63, 3.8) is 0 Å². The van der Waals surface area contributed by atoms with E-state index in [-0.39, 0.29) is 17.5 Å². The maximum atomic E-state index is 14.7. The molecule has 7 nitrogen and oxygen atoms in total. The van der Waals surface area contributed by atoms with Gasteiger partial charge in [0.15, 0.2) is 23.3 Å². The van der Waals surface area contributed by atoms with Crippen LogP contribution in [0.25, 0.3) is 84.2 Å². The molecule has 3 aromatic heterocycles. The fourth-order valence-corrected chi connectivity index (χ4v) is 7.32. The number of hydrogen-bond donors (Lipinski definition) is 0. The molecule has 290 valence electrons. The van der Waals surface area contributed by atoms with Gasteiger partial charge in [-0.05, 0) is 61.4 Å². The molecule has 0 saturated carbocycles. The van der Waals surface area contributed by atoms with Crippen molar-refractivity contribution in [3.05, 3.63) is 162 Å². The van der Waals surface area contributed by atoms with Crippen molar-refractivity contribution in [2.24, 2.45) is 0 Å². The molecule has 0 aliphatic carbocycles. The monoisotopic (exact) mass is 793 g/mol. The van der Waals surface area contributed by atoms with Gasteiger partial charge in [0.1, 0.15) is 11.6 Å². The van der Waals surface area contributed by atoms with Crippen LogP contribution in [0.1, 0.15) is 22.8 Å². The largest absolute Gasteiger partial charge is 0.417 e. The summed E-state index contributed by atoms with van der Waals surface area (Å²) in [7, 11) is 0. The minimum absolute atomic E-state index is 0.0243. The summed E-state index contributed by atoms with van der Waals surface area (Å²) in [5, 5.41) is 1.66. The quantitative estimate of drug-likeness (QED) is 0.156. The average molecular weight is 794 g/mol. The van der Waals surface area contributed by atoms with E-state index in [1.54, 1.807) is 19.9 Å². The lowest BCUT2D eigenvalue weighted by molar-refractivity contribution is -0.142. The van der Waals surface area contributed by atoms with Gasteiger partial charge in [-0.15, -0.1) is 0 Å². The van der Waals surface area contributed by atoms with Gasteiger partial charge >= 0.3 is 12.4 Å². The highest BCUT2D eigenvalue weighted by atomic mass is 19.4. The van der Waals surface area contributed by atoms with Crippen LogP contribution in [0.15, 0.2) is 140 Å². The van der Waals surface area contributed by atoms with Crippen LogP contribution in [0.2, 0.25) is 0 Å². The predicted molar refractivity (Wildman–Crippen MR) is 214 cm³/mol. The molecule has 0 radical (unpaired) electrons. The van der Waals surface area contributed by atoms with E-state index in [2.05, 4.69) is 15.0 Å². The van der Waals surface area contributed by atoms with E-state index in [0.29, 0.717) is 74.2 Å². The van der Waals surface area contributed by atoms with Crippen LogP contribution >= 0.6 is 0 Å². The second kappa shape index (κ2) is 14.3. The first-order valence-corrected chi connectivity index (χ1v) is 18.4. The van der Waals surface area contributed by atoms with E-state index in [1.807, 2.05) is 108 Å². The van der Waals surface area contributed by atoms with E-state index >= 15 is 0 Å². The summed E-state index contributed by atoms with van der Waals surface area (Å²) in [5.41, 5.74) is 0.978. The van der Waals surface area contributed by atoms with Gasteiger partial charge in [-0.25, -0.2) is 29.9 Å². The average Bonchev–Trinajstić information content (AvgIpc) is 3.56. The molecule has 9 rings (SSSR count). The topological polar surface area (TPSA) is 82.3 Å². The third-order valence-electron chi connectivity index (χ3n) is 9.93. The summed E-state index contributed by atoms with van der Waals surface area (Å²) in [6.45, 7) is 3.54. The third kappa shape index (κ3) is 7.05. The fourth-order valence-electron chi connectivity index (χ4n) is 7.32. The molecule has 0 N–H and O–H groups in total. The number of halogens is 6. The van der Waals surface area contributed by atoms with Gasteiger partial charge in [0.2, 0.25) is 0 Å². The Morgan fingerprint density at radius 1 is 0.407 bits per heavy atom. The standard InChI is InChI=1S/C46H29F6N7/c1-26-53-27(2)55-43(54-26)31-18-20-35-34-15-9-10-16-38(34)59(39(35)24-31)40-23-30(33-22-19-32(45(47,48)49)25-37(33)46(50,51)52)17-21-36(40)44-57-41(28-11-5-3-6-12-28)56-42(58-44)29-13-7-4-8-14-29/h3-25H,1-2H3. The van der Waals surface area contributed by atoms with Gasteiger partial charge in [0.25, 0.3) is 0 Å². The lowest BCUT2D eigenvalue weighted by Gasteiger charge is -2.19. The van der Waals surface area contributed by atoms with Crippen LogP contribution in [-0.2, 0) is 12.4 Å². The van der Waals surface area contributed by atoms with Gasteiger partial charge in [-0.1, -0.05) is 103 Å². The molecular formula is C46H29F6N7. The number of nitrogens with zero attached hydrogens (tertiary/aromatic N) is 7. The number of fused-ring (bicyclic) bond motifs is 3. The van der Waals surface area contributed by atoms with E-state index in [9.17, 15) is 26.3 Å². The van der Waals surface area contributed by atoms with Crippen molar-refractivity contribution in [1.82, 2.24) is 34.5 Å². The normalized spacial score (nSPS) is 12.1. The summed E-state index contributed by atoms with van der Waals surface area (Å²) in [6.07, 6.45) is -10.1. The zero-order valence-electron chi connectivity index (χ0n) is 31.2. The van der Waals surface area contributed by atoms with Crippen molar-refractivity contribution in [2.75, 3.05) is 0 Å². The molecule has 59 heavy (non-hydrogen) atoms. The first-order valence-electron chi connectivity index (χ1n) is 18.4. The predicted octanol–water partition coefficient (Wildman–Crippen LogP) is 12.1. The van der Waals surface area contributed by atoms with Gasteiger partial charge in [0.05, 0.1) is 27.8 Å². The Kier molecular flexibility index (Phi) is 9.03. The van der Waals surface area contributed by atoms with Gasteiger partial charge in [0, 0.05) is 33.0 Å². The summed E-state index contributed by atoms with van der Waals surface area (Å²) in [5.74, 6) is 2.42. The second-order valence-corrected chi connectivity index (χ2v) is 13.9. The molecule has 0 aliphatic heterocycles. The minimum Gasteiger partial charge on any atom is -0.308 e. The maximum Gasteiger partial charge on any atom is 0.417 e. The molecule has 0 spiro atoms. The van der Waals surface area contributed by atoms with E-state index in [0.717, 1.165) is 16.8 Å². The third-order valence-corrected chi connectivity index (χ3v) is 9.93. The molecular weight excluding hydrogens is 765 g/mol. The number of benzene rings is 6. The van der Waals surface area contributed by atoms with Crippen LogP contribution in [0, 0.1) is 13.8 Å². The Morgan fingerprint density at radius 2 is 0.949 bits per heavy atom. The highest BCUT2D eigenvalue weighted by molar-refractivity contribution is 6.10. The summed E-state index contributed by atoms with van der Waals surface area (Å²) in [4.78, 5) is 28.2. The van der Waals surface area contributed by atoms with E-state index in [1.165, 1.54) is 12.1 Å². The molecule has 0 fully saturated rings. The second-order valence-electron chi connectivity index (χ2n) is 13.9. The van der Waals surface area contributed by atoms with Crippen molar-refractivity contribution in [2.45, 2.75) is 26.2 Å². The lowest BCUT2D eigenvalue weighted by Crippen LogP contribution is -2.12. The highest BCUT2D eigenvalue weighted by Crippen LogP contribution is 2.44. The fraction of sp³-hybridized carbons (Fsp3) is 0.0870. The number of para-hydroxylation sites is 1. The maximum absolute atomic E-state index is 14.7.